The summed E-state index contributed by atoms with van der Waals surface area (Å²) < 4.78 is 179. The van der Waals surface area contributed by atoms with Gasteiger partial charge in [0.15, 0.2) is 28.2 Å². The van der Waals surface area contributed by atoms with E-state index in [9.17, 15) is 60.4 Å². The van der Waals surface area contributed by atoms with Crippen molar-refractivity contribution in [1.29, 1.82) is 0 Å². The van der Waals surface area contributed by atoms with Crippen LogP contribution in [0.25, 0.3) is 0 Å². The van der Waals surface area contributed by atoms with Crippen LogP contribution in [-0.2, 0) is 30.2 Å². The zero-order chi connectivity index (χ0) is 21.8. The highest BCUT2D eigenvalue weighted by molar-refractivity contribution is 8.05. The Hall–Kier alpha value is -1.57. The molecule has 156 valence electrons. The third-order valence-corrected chi connectivity index (χ3v) is 7.18. The zero-order valence-electron chi connectivity index (χ0n) is 11.7. The maximum atomic E-state index is 13.4. The molecule has 0 atom stereocenters. The third-order valence-electron chi connectivity index (χ3n) is 2.56. The summed E-state index contributed by atoms with van der Waals surface area (Å²) in [5.41, 5.74) is 0. The Morgan fingerprint density at radius 2 is 1.15 bits per heavy atom. The van der Waals surface area contributed by atoms with Crippen LogP contribution in [-0.4, -0.2) is 40.3 Å². The summed E-state index contributed by atoms with van der Waals surface area (Å²) in [4.78, 5) is -2.82. The second-order valence-electron chi connectivity index (χ2n) is 4.40. The molecule has 0 aliphatic rings. The molecule has 19 heteroatoms. The number of benzene rings is 1. The lowest BCUT2D eigenvalue weighted by atomic mass is 10.3. The molecular formula is C8H3F8NO7S3. The van der Waals surface area contributed by atoms with Gasteiger partial charge in [0.25, 0.3) is 20.0 Å². The summed E-state index contributed by atoms with van der Waals surface area (Å²) in [5.74, 6) is -10.5. The highest BCUT2D eigenvalue weighted by Gasteiger charge is 2.74. The van der Waals surface area contributed by atoms with Crippen molar-refractivity contribution in [2.24, 2.45) is 0 Å². The molecule has 0 saturated heterocycles. The predicted octanol–water partition coefficient (Wildman–Crippen LogP) is 0.925. The van der Waals surface area contributed by atoms with Crippen LogP contribution >= 0.6 is 0 Å². The van der Waals surface area contributed by atoms with Crippen molar-refractivity contribution >= 4 is 30.2 Å². The average molecular weight is 473 g/mol. The number of alkyl halides is 4. The topological polar surface area (TPSA) is 135 Å². The van der Waals surface area contributed by atoms with E-state index in [4.69, 9.17) is 4.55 Å². The Morgan fingerprint density at radius 1 is 0.778 bits per heavy atom. The fraction of sp³-hybridized carbons (Fsp3) is 0.250. The molecule has 0 radical (unpaired) electrons. The quantitative estimate of drug-likeness (QED) is 0.357. The molecule has 0 aliphatic heterocycles. The van der Waals surface area contributed by atoms with Gasteiger partial charge in [-0.1, -0.05) is 4.13 Å². The van der Waals surface area contributed by atoms with Gasteiger partial charge in [-0.15, -0.1) is 0 Å². The largest absolute Gasteiger partial charge is 0.448 e. The molecule has 0 amide bonds. The van der Waals surface area contributed by atoms with Crippen LogP contribution in [0.15, 0.2) is 11.0 Å². The summed E-state index contributed by atoms with van der Waals surface area (Å²) in [5, 5.41) is -13.8. The van der Waals surface area contributed by atoms with Gasteiger partial charge in [0.1, 0.15) is 0 Å². The van der Waals surface area contributed by atoms with Crippen LogP contribution in [0.4, 0.5) is 35.1 Å². The van der Waals surface area contributed by atoms with E-state index in [2.05, 4.69) is 0 Å². The maximum absolute atomic E-state index is 13.4. The van der Waals surface area contributed by atoms with E-state index < -0.39 is 74.9 Å². The van der Waals surface area contributed by atoms with E-state index >= 15 is 0 Å². The van der Waals surface area contributed by atoms with Crippen molar-refractivity contribution in [2.75, 3.05) is 0 Å². The Bertz CT molecular complexity index is 1070. The minimum absolute atomic E-state index is 0.371. The summed E-state index contributed by atoms with van der Waals surface area (Å²) in [6, 6.07) is -0.556. The smallest absolute Gasteiger partial charge is 0.281 e. The van der Waals surface area contributed by atoms with Crippen LogP contribution in [0.5, 0.6) is 0 Å². The number of sulfonamides is 2. The second-order valence-corrected chi connectivity index (χ2v) is 9.46. The lowest BCUT2D eigenvalue weighted by molar-refractivity contribution is -0.101. The van der Waals surface area contributed by atoms with Crippen molar-refractivity contribution in [3.63, 3.8) is 0 Å². The molecule has 1 rings (SSSR count). The van der Waals surface area contributed by atoms with Crippen molar-refractivity contribution in [1.82, 2.24) is 4.13 Å². The summed E-state index contributed by atoms with van der Waals surface area (Å²) in [7, 11) is -21.1. The average Bonchev–Trinajstić information content (AvgIpc) is 2.42. The van der Waals surface area contributed by atoms with Gasteiger partial charge in [-0.3, -0.25) is 4.55 Å². The SMILES string of the molecule is O=S(=O)(NS(=O)(=O)C(F)(F)C(F)(F)S(=O)(=O)O)c1c(F)c(F)cc(F)c1F. The minimum Gasteiger partial charge on any atom is -0.281 e. The van der Waals surface area contributed by atoms with Gasteiger partial charge in [-0.05, 0) is 0 Å². The monoisotopic (exact) mass is 473 g/mol. The first-order valence-electron chi connectivity index (χ1n) is 5.54. The molecule has 0 bridgehead atoms. The molecule has 0 aromatic heterocycles. The first-order chi connectivity index (χ1) is 11.7. The Kier molecular flexibility index (Phi) is 5.65. The van der Waals surface area contributed by atoms with Gasteiger partial charge in [-0.25, -0.2) is 34.4 Å². The molecule has 0 unspecified atom stereocenters. The molecular weight excluding hydrogens is 470 g/mol. The highest BCUT2D eigenvalue weighted by atomic mass is 32.3. The molecule has 8 nitrogen and oxygen atoms in total. The molecule has 1 aromatic rings. The Morgan fingerprint density at radius 3 is 1.48 bits per heavy atom. The molecule has 27 heavy (non-hydrogen) atoms. The van der Waals surface area contributed by atoms with Crippen LogP contribution in [0.2, 0.25) is 0 Å². The van der Waals surface area contributed by atoms with Crippen LogP contribution < -0.4 is 4.13 Å². The van der Waals surface area contributed by atoms with E-state index in [1.54, 1.807) is 0 Å². The maximum Gasteiger partial charge on any atom is 0.448 e. The van der Waals surface area contributed by atoms with Gasteiger partial charge in [-0.2, -0.15) is 26.0 Å². The van der Waals surface area contributed by atoms with Gasteiger partial charge < -0.3 is 0 Å². The van der Waals surface area contributed by atoms with Gasteiger partial charge in [0.2, 0.25) is 0 Å². The standard InChI is InChI=1S/C8H3F8NO7S3/c9-2-1-3(10)5(12)6(4(2)11)25(18,19)17-26(20,21)7(13,14)8(15,16)27(22,23)24/h1,17H,(H,22,23,24). The first kappa shape index (κ1) is 23.5. The van der Waals surface area contributed by atoms with Crippen molar-refractivity contribution < 1.29 is 64.9 Å². The fourth-order valence-electron chi connectivity index (χ4n) is 1.33. The van der Waals surface area contributed by atoms with E-state index in [1.807, 2.05) is 0 Å². The van der Waals surface area contributed by atoms with Crippen LogP contribution in [0.1, 0.15) is 0 Å². The number of hydrogen-bond acceptors (Lipinski definition) is 6. The molecule has 0 spiro atoms. The molecule has 0 aliphatic carbocycles. The normalized spacial score (nSPS) is 14.4. The van der Waals surface area contributed by atoms with Gasteiger partial charge in [0, 0.05) is 6.07 Å². The fourth-order valence-corrected chi connectivity index (χ4v) is 5.16. The Balaban J connectivity index is 3.65. The Labute approximate surface area is 144 Å². The predicted molar refractivity (Wildman–Crippen MR) is 67.0 cm³/mol. The summed E-state index contributed by atoms with van der Waals surface area (Å²) in [6.45, 7) is 0. The molecule has 2 N–H and O–H groups in total. The van der Waals surface area contributed by atoms with E-state index in [-0.39, 0.29) is 4.13 Å². The van der Waals surface area contributed by atoms with Crippen molar-refractivity contribution in [2.45, 2.75) is 15.4 Å². The minimum atomic E-state index is -7.40. The molecule has 1 aromatic carbocycles. The highest BCUT2D eigenvalue weighted by Crippen LogP contribution is 2.42. The molecule has 0 heterocycles. The van der Waals surface area contributed by atoms with Crippen LogP contribution in [0.3, 0.4) is 0 Å². The summed E-state index contributed by atoms with van der Waals surface area (Å²) in [6.07, 6.45) is 0. The number of nitrogens with one attached hydrogen (secondary N) is 1. The zero-order valence-corrected chi connectivity index (χ0v) is 14.2. The van der Waals surface area contributed by atoms with E-state index in [0.29, 0.717) is 0 Å². The number of rotatable bonds is 6. The number of hydrogen-bond donors (Lipinski definition) is 2. The van der Waals surface area contributed by atoms with Crippen LogP contribution in [0, 0.1) is 23.3 Å². The molecule has 0 fully saturated rings. The number of halogens is 8. The third kappa shape index (κ3) is 3.73. The van der Waals surface area contributed by atoms with Crippen molar-refractivity contribution in [3.8, 4) is 0 Å². The first-order valence-corrected chi connectivity index (χ1v) is 9.95. The van der Waals surface area contributed by atoms with Gasteiger partial charge >= 0.3 is 20.6 Å². The van der Waals surface area contributed by atoms with E-state index in [0.717, 1.165) is 0 Å². The van der Waals surface area contributed by atoms with Crippen molar-refractivity contribution in [3.05, 3.63) is 29.3 Å². The second kappa shape index (κ2) is 6.50. The summed E-state index contributed by atoms with van der Waals surface area (Å²) >= 11 is 0. The van der Waals surface area contributed by atoms with Gasteiger partial charge in [0.05, 0.1) is 0 Å². The molecule has 0 saturated carbocycles. The lowest BCUT2D eigenvalue weighted by Crippen LogP contribution is -2.56. The lowest BCUT2D eigenvalue weighted by Gasteiger charge is -2.23. The van der Waals surface area contributed by atoms with E-state index in [1.165, 1.54) is 0 Å².